The first kappa shape index (κ1) is 29.9. The molecule has 4 nitrogen and oxygen atoms in total. The highest BCUT2D eigenvalue weighted by molar-refractivity contribution is 5.72. The Balaban J connectivity index is 3.48. The summed E-state index contributed by atoms with van der Waals surface area (Å²) in [6.07, 6.45) is 19.1. The van der Waals surface area contributed by atoms with Crippen LogP contribution in [0.3, 0.4) is 0 Å². The summed E-state index contributed by atoms with van der Waals surface area (Å²) in [4.78, 5) is 23.7. The van der Waals surface area contributed by atoms with E-state index < -0.39 is 0 Å². The second kappa shape index (κ2) is 22.1. The zero-order valence-electron chi connectivity index (χ0n) is 21.2. The van der Waals surface area contributed by atoms with E-state index in [0.29, 0.717) is 25.6 Å². The minimum absolute atomic E-state index is 0.0110. The Morgan fingerprint density at radius 2 is 1.06 bits per heavy atom. The Kier molecular flexibility index (Phi) is 21.4. The van der Waals surface area contributed by atoms with E-state index in [4.69, 9.17) is 9.47 Å². The molecule has 0 bridgehead atoms. The van der Waals surface area contributed by atoms with Crippen LogP contribution >= 0.6 is 0 Å². The van der Waals surface area contributed by atoms with Crippen LogP contribution in [0.15, 0.2) is 0 Å². The Bertz CT molecular complexity index is 419. The highest BCUT2D eigenvalue weighted by atomic mass is 16.5. The number of hydrogen-bond donors (Lipinski definition) is 0. The van der Waals surface area contributed by atoms with E-state index in [1.165, 1.54) is 51.4 Å². The Hall–Kier alpha value is -1.06. The van der Waals surface area contributed by atoms with Crippen LogP contribution in [-0.2, 0) is 19.1 Å². The topological polar surface area (TPSA) is 52.6 Å². The van der Waals surface area contributed by atoms with Crippen molar-refractivity contribution in [2.45, 2.75) is 137 Å². The molecule has 0 aliphatic rings. The molecule has 0 aliphatic carbocycles. The number of unbranched alkanes of at least 4 members (excludes halogenated alkanes) is 12. The van der Waals surface area contributed by atoms with Gasteiger partial charge in [0, 0.05) is 6.42 Å². The molecule has 0 fully saturated rings. The van der Waals surface area contributed by atoms with Gasteiger partial charge < -0.3 is 9.47 Å². The third kappa shape index (κ3) is 19.4. The van der Waals surface area contributed by atoms with Crippen molar-refractivity contribution < 1.29 is 19.1 Å². The van der Waals surface area contributed by atoms with Crippen molar-refractivity contribution in [3.05, 3.63) is 0 Å². The molecule has 0 spiro atoms. The van der Waals surface area contributed by atoms with Crippen LogP contribution in [0.5, 0.6) is 0 Å². The molecule has 0 rings (SSSR count). The van der Waals surface area contributed by atoms with E-state index in [0.717, 1.165) is 51.4 Å². The van der Waals surface area contributed by atoms with Crippen LogP contribution < -0.4 is 0 Å². The molecule has 0 aromatic rings. The number of carbonyl (C=O) groups excluding carboxylic acids is 2. The Morgan fingerprint density at radius 3 is 1.55 bits per heavy atom. The molecule has 1 unspecified atom stereocenters. The molecule has 0 heterocycles. The quantitative estimate of drug-likeness (QED) is 0.126. The van der Waals surface area contributed by atoms with Crippen LogP contribution in [0.2, 0.25) is 0 Å². The van der Waals surface area contributed by atoms with E-state index in [1.807, 2.05) is 0 Å². The summed E-state index contributed by atoms with van der Waals surface area (Å²) in [5.74, 6) is 0.411. The maximum atomic E-state index is 12.2. The molecule has 184 valence electrons. The lowest BCUT2D eigenvalue weighted by molar-refractivity contribution is -0.150. The van der Waals surface area contributed by atoms with Gasteiger partial charge in [-0.05, 0) is 31.6 Å². The third-order valence-electron chi connectivity index (χ3n) is 6.01. The number of carbonyl (C=O) groups is 2. The molecule has 4 heteroatoms. The highest BCUT2D eigenvalue weighted by Gasteiger charge is 2.22. The first-order chi connectivity index (χ1) is 15.0. The van der Waals surface area contributed by atoms with E-state index in [2.05, 4.69) is 27.7 Å². The smallest absolute Gasteiger partial charge is 0.309 e. The molecule has 0 aromatic heterocycles. The Morgan fingerprint density at radius 1 is 0.613 bits per heavy atom. The summed E-state index contributed by atoms with van der Waals surface area (Å²) >= 11 is 0. The summed E-state index contributed by atoms with van der Waals surface area (Å²) in [5.41, 5.74) is 0. The van der Waals surface area contributed by atoms with Crippen LogP contribution in [0, 0.1) is 11.8 Å². The first-order valence-corrected chi connectivity index (χ1v) is 13.3. The van der Waals surface area contributed by atoms with Gasteiger partial charge in [-0.15, -0.1) is 0 Å². The van der Waals surface area contributed by atoms with E-state index in [1.54, 1.807) is 0 Å². The van der Waals surface area contributed by atoms with Crippen molar-refractivity contribution in [1.82, 2.24) is 0 Å². The van der Waals surface area contributed by atoms with Gasteiger partial charge in [0.15, 0.2) is 0 Å². The van der Waals surface area contributed by atoms with Gasteiger partial charge in [-0.1, -0.05) is 105 Å². The van der Waals surface area contributed by atoms with Crippen LogP contribution in [0.25, 0.3) is 0 Å². The largest absolute Gasteiger partial charge is 0.466 e. The van der Waals surface area contributed by atoms with Gasteiger partial charge in [-0.25, -0.2) is 0 Å². The summed E-state index contributed by atoms with van der Waals surface area (Å²) in [6, 6.07) is 0. The fraction of sp³-hybridized carbons (Fsp3) is 0.926. The van der Waals surface area contributed by atoms with Crippen molar-refractivity contribution in [2.75, 3.05) is 13.2 Å². The zero-order valence-corrected chi connectivity index (χ0v) is 21.2. The van der Waals surface area contributed by atoms with Crippen molar-refractivity contribution in [1.29, 1.82) is 0 Å². The van der Waals surface area contributed by atoms with Crippen LogP contribution in [0.1, 0.15) is 137 Å². The second-order valence-corrected chi connectivity index (χ2v) is 9.37. The number of hydrogen-bond acceptors (Lipinski definition) is 4. The highest BCUT2D eigenvalue weighted by Crippen LogP contribution is 2.21. The average molecular weight is 441 g/mol. The number of rotatable bonds is 22. The molecule has 1 atom stereocenters. The zero-order chi connectivity index (χ0) is 23.2. The molecule has 0 N–H and O–H groups in total. The summed E-state index contributed by atoms with van der Waals surface area (Å²) < 4.78 is 10.6. The fourth-order valence-electron chi connectivity index (χ4n) is 3.77. The van der Waals surface area contributed by atoms with Gasteiger partial charge in [-0.2, -0.15) is 0 Å². The maximum Gasteiger partial charge on any atom is 0.309 e. The molecular weight excluding hydrogens is 388 g/mol. The lowest BCUT2D eigenvalue weighted by atomic mass is 9.90. The van der Waals surface area contributed by atoms with Crippen LogP contribution in [-0.4, -0.2) is 25.2 Å². The normalized spacial score (nSPS) is 12.2. The van der Waals surface area contributed by atoms with Gasteiger partial charge in [0.05, 0.1) is 19.1 Å². The lowest BCUT2D eigenvalue weighted by Gasteiger charge is -2.19. The van der Waals surface area contributed by atoms with Crippen molar-refractivity contribution in [2.24, 2.45) is 11.8 Å². The molecule has 0 saturated carbocycles. The molecule has 0 aliphatic heterocycles. The van der Waals surface area contributed by atoms with Gasteiger partial charge >= 0.3 is 11.9 Å². The molecule has 0 amide bonds. The van der Waals surface area contributed by atoms with E-state index in [-0.39, 0.29) is 17.9 Å². The summed E-state index contributed by atoms with van der Waals surface area (Å²) in [5, 5.41) is 0. The van der Waals surface area contributed by atoms with Crippen molar-refractivity contribution >= 4 is 11.9 Å². The number of esters is 2. The third-order valence-corrected chi connectivity index (χ3v) is 6.01. The predicted molar refractivity (Wildman–Crippen MR) is 130 cm³/mol. The van der Waals surface area contributed by atoms with Gasteiger partial charge in [0.25, 0.3) is 0 Å². The van der Waals surface area contributed by atoms with Crippen LogP contribution in [0.4, 0.5) is 0 Å². The lowest BCUT2D eigenvalue weighted by Crippen LogP contribution is -2.23. The van der Waals surface area contributed by atoms with Gasteiger partial charge in [-0.3, -0.25) is 9.59 Å². The first-order valence-electron chi connectivity index (χ1n) is 13.3. The number of ether oxygens (including phenoxy) is 2. The standard InChI is InChI=1S/C27H52O4/c1-5-7-22-30-26(28)21-19-17-15-13-11-9-10-12-14-16-18-20-25(24(3)4)27(29)31-23-8-6-2/h24-25H,5-23H2,1-4H3. The van der Waals surface area contributed by atoms with E-state index >= 15 is 0 Å². The predicted octanol–water partition coefficient (Wildman–Crippen LogP) is 8.02. The fourth-order valence-corrected chi connectivity index (χ4v) is 3.77. The molecule has 0 aromatic carbocycles. The molecular formula is C27H52O4. The summed E-state index contributed by atoms with van der Waals surface area (Å²) in [7, 11) is 0. The Labute approximate surface area is 193 Å². The minimum Gasteiger partial charge on any atom is -0.466 e. The van der Waals surface area contributed by atoms with Gasteiger partial charge in [0.1, 0.15) is 0 Å². The minimum atomic E-state index is -0.0263. The maximum absolute atomic E-state index is 12.2. The molecule has 0 saturated heterocycles. The monoisotopic (exact) mass is 440 g/mol. The van der Waals surface area contributed by atoms with E-state index in [9.17, 15) is 9.59 Å². The molecule has 31 heavy (non-hydrogen) atoms. The van der Waals surface area contributed by atoms with Crippen molar-refractivity contribution in [3.63, 3.8) is 0 Å². The van der Waals surface area contributed by atoms with Crippen molar-refractivity contribution in [3.8, 4) is 0 Å². The SMILES string of the molecule is CCCCOC(=O)CCCCCCCCCCCCCC(C(=O)OCCCC)C(C)C. The average Bonchev–Trinajstić information content (AvgIpc) is 2.74. The van der Waals surface area contributed by atoms with Gasteiger partial charge in [0.2, 0.25) is 0 Å². The second-order valence-electron chi connectivity index (χ2n) is 9.37. The summed E-state index contributed by atoms with van der Waals surface area (Å²) in [6.45, 7) is 9.63. The molecule has 0 radical (unpaired) electrons.